The molecule has 7 N–H and O–H groups in total. The van der Waals surface area contributed by atoms with Gasteiger partial charge in [0.25, 0.3) is 5.91 Å². The lowest BCUT2D eigenvalue weighted by Gasteiger charge is -2.50. The van der Waals surface area contributed by atoms with E-state index >= 15 is 0 Å². The van der Waals surface area contributed by atoms with Crippen molar-refractivity contribution in [3.05, 3.63) is 75.5 Å². The number of phenols is 1. The maximum absolute atomic E-state index is 14.1. The molecule has 0 unspecified atom stereocenters. The number of aliphatic hydroxyl groups is 3. The summed E-state index contributed by atoms with van der Waals surface area (Å²) in [6.07, 6.45) is -0.00174. The fraction of sp³-hybridized carbons (Fsp3) is 0.333. The zero-order valence-corrected chi connectivity index (χ0v) is 23.1. The number of hydrogen-bond donors (Lipinski definition) is 6. The number of hydrogen-bond acceptors (Lipinski definition) is 9. The molecule has 0 fully saturated rings. The number of carbonyl (C=O) groups excluding carboxylic acids is 4. The zero-order valence-electron chi connectivity index (χ0n) is 23.1. The lowest BCUT2D eigenvalue weighted by Crippen LogP contribution is -2.63. The normalized spacial score (nSPS) is 25.2. The van der Waals surface area contributed by atoms with Crippen LogP contribution in [0.4, 0.5) is 4.39 Å². The molecule has 0 saturated heterocycles. The second-order valence-corrected chi connectivity index (χ2v) is 11.2. The molecule has 0 aromatic heterocycles. The van der Waals surface area contributed by atoms with E-state index in [4.69, 9.17) is 5.73 Å². The van der Waals surface area contributed by atoms with E-state index in [-0.39, 0.29) is 36.1 Å². The number of ketones is 2. The Hall–Kier alpha value is -4.55. The van der Waals surface area contributed by atoms with Crippen LogP contribution in [0, 0.1) is 17.7 Å². The SMILES string of the molecule is CC(=O)NCc1cc(-c2ccc(F)cc2)c2c(c1O)C(=O)C1=C(O)[C@@]3(O)C(=O)C(C(N)=O)=C(O)[C@H](N(C)C)[C@@H]3C[C@@H]1C2. The maximum Gasteiger partial charge on any atom is 0.255 e. The molecule has 2 aromatic carbocycles. The molecule has 0 aliphatic heterocycles. The predicted octanol–water partition coefficient (Wildman–Crippen LogP) is 1.56. The van der Waals surface area contributed by atoms with E-state index in [1.807, 2.05) is 0 Å². The highest BCUT2D eigenvalue weighted by Gasteiger charge is 2.63. The van der Waals surface area contributed by atoms with E-state index < -0.39 is 75.5 Å². The Bertz CT molecular complexity index is 1630. The number of rotatable bonds is 5. The second-order valence-electron chi connectivity index (χ2n) is 11.2. The highest BCUT2D eigenvalue weighted by atomic mass is 19.1. The van der Waals surface area contributed by atoms with Crippen LogP contribution in [-0.2, 0) is 27.3 Å². The maximum atomic E-state index is 14.1. The van der Waals surface area contributed by atoms with Crippen LogP contribution in [0.1, 0.15) is 34.8 Å². The number of halogens is 1. The average Bonchev–Trinajstić information content (AvgIpc) is 2.90. The molecule has 4 atom stereocenters. The van der Waals surface area contributed by atoms with Crippen LogP contribution >= 0.6 is 0 Å². The Morgan fingerprint density at radius 2 is 1.79 bits per heavy atom. The molecule has 0 bridgehead atoms. The van der Waals surface area contributed by atoms with Gasteiger partial charge in [-0.25, -0.2) is 4.39 Å². The first-order chi connectivity index (χ1) is 19.7. The number of allylic oxidation sites excluding steroid dienone is 1. The van der Waals surface area contributed by atoms with Crippen LogP contribution < -0.4 is 11.1 Å². The summed E-state index contributed by atoms with van der Waals surface area (Å²) in [5, 5.41) is 48.0. The molecular weight excluding hydrogens is 549 g/mol. The van der Waals surface area contributed by atoms with Gasteiger partial charge in [-0.15, -0.1) is 0 Å². The number of primary amides is 1. The number of carbonyl (C=O) groups is 4. The number of nitrogens with one attached hydrogen (secondary N) is 1. The summed E-state index contributed by atoms with van der Waals surface area (Å²) in [6.45, 7) is 1.13. The number of nitrogens with two attached hydrogens (primary N) is 1. The highest BCUT2D eigenvalue weighted by Crippen LogP contribution is 2.53. The van der Waals surface area contributed by atoms with Gasteiger partial charge in [-0.3, -0.25) is 24.1 Å². The second kappa shape index (κ2) is 10.1. The fourth-order valence-corrected chi connectivity index (χ4v) is 6.62. The number of Topliss-reactive ketones (excluding diaryl/α,β-unsaturated/α-hetero) is 2. The summed E-state index contributed by atoms with van der Waals surface area (Å²) >= 11 is 0. The molecule has 12 heteroatoms. The molecular formula is C30H30FN3O8. The molecule has 2 aromatic rings. The first kappa shape index (κ1) is 29.0. The molecule has 3 aliphatic rings. The van der Waals surface area contributed by atoms with Gasteiger partial charge in [0, 0.05) is 30.5 Å². The third-order valence-electron chi connectivity index (χ3n) is 8.48. The minimum atomic E-state index is -2.76. The molecule has 2 amide bonds. The van der Waals surface area contributed by atoms with Crippen LogP contribution in [0.15, 0.2) is 53.0 Å². The molecule has 3 aliphatic carbocycles. The Balaban J connectivity index is 1.75. The first-order valence-electron chi connectivity index (χ1n) is 13.2. The third kappa shape index (κ3) is 4.17. The van der Waals surface area contributed by atoms with Gasteiger partial charge in [0.15, 0.2) is 11.4 Å². The van der Waals surface area contributed by atoms with Crippen molar-refractivity contribution >= 4 is 23.4 Å². The van der Waals surface area contributed by atoms with Gasteiger partial charge in [-0.1, -0.05) is 12.1 Å². The molecule has 0 radical (unpaired) electrons. The summed E-state index contributed by atoms with van der Waals surface area (Å²) in [7, 11) is 3.10. The van der Waals surface area contributed by atoms with Crippen molar-refractivity contribution in [2.75, 3.05) is 14.1 Å². The van der Waals surface area contributed by atoms with Crippen molar-refractivity contribution in [2.45, 2.75) is 38.0 Å². The van der Waals surface area contributed by atoms with Crippen LogP contribution in [0.25, 0.3) is 11.1 Å². The van der Waals surface area contributed by atoms with Gasteiger partial charge in [-0.05, 0) is 67.7 Å². The number of phenolic OH excluding ortho intramolecular Hbond substituents is 1. The molecule has 0 spiro atoms. The lowest BCUT2D eigenvalue weighted by atomic mass is 9.58. The highest BCUT2D eigenvalue weighted by molar-refractivity contribution is 6.25. The fourth-order valence-electron chi connectivity index (χ4n) is 6.62. The van der Waals surface area contributed by atoms with Gasteiger partial charge in [0.1, 0.15) is 28.7 Å². The van der Waals surface area contributed by atoms with Crippen LogP contribution in [0.3, 0.4) is 0 Å². The Kier molecular flexibility index (Phi) is 6.94. The van der Waals surface area contributed by atoms with E-state index in [9.17, 15) is 44.0 Å². The average molecular weight is 580 g/mol. The number of nitrogens with zero attached hydrogens (tertiary/aromatic N) is 1. The van der Waals surface area contributed by atoms with Crippen molar-refractivity contribution in [1.82, 2.24) is 10.2 Å². The van der Waals surface area contributed by atoms with Gasteiger partial charge in [0.2, 0.25) is 11.7 Å². The summed E-state index contributed by atoms with van der Waals surface area (Å²) in [6, 6.07) is 5.98. The van der Waals surface area contributed by atoms with E-state index in [2.05, 4.69) is 5.32 Å². The van der Waals surface area contributed by atoms with Crippen LogP contribution in [0.2, 0.25) is 0 Å². The predicted molar refractivity (Wildman–Crippen MR) is 147 cm³/mol. The van der Waals surface area contributed by atoms with Crippen molar-refractivity contribution in [1.29, 1.82) is 0 Å². The monoisotopic (exact) mass is 579 g/mol. The van der Waals surface area contributed by atoms with Crippen LogP contribution in [0.5, 0.6) is 5.75 Å². The van der Waals surface area contributed by atoms with Crippen molar-refractivity contribution in [3.8, 4) is 16.9 Å². The summed E-state index contributed by atoms with van der Waals surface area (Å²) in [4.78, 5) is 52.8. The minimum Gasteiger partial charge on any atom is -0.510 e. The number of aromatic hydroxyl groups is 1. The molecule has 5 rings (SSSR count). The number of likely N-dealkylation sites (N-methyl/N-ethyl adjacent to an activating group) is 1. The minimum absolute atomic E-state index is 0.0647. The number of benzene rings is 2. The molecule has 0 saturated carbocycles. The van der Waals surface area contributed by atoms with Crippen LogP contribution in [-0.4, -0.2) is 74.4 Å². The number of amides is 2. The summed E-state index contributed by atoms with van der Waals surface area (Å²) < 4.78 is 13.8. The van der Waals surface area contributed by atoms with Gasteiger partial charge >= 0.3 is 0 Å². The zero-order chi connectivity index (χ0) is 30.8. The first-order valence-corrected chi connectivity index (χ1v) is 13.2. The standard InChI is InChI=1S/C30H30FN3O8/c1-12(35)33-11-15-9-17(13-4-6-16(31)7-5-13)18-8-14-10-19-23(34(2)3)26(38)22(29(32)41)28(40)30(19,42)27(39)20(14)25(37)21(18)24(15)36/h4-7,9,14,19,23,36,38-39,42H,8,10-11H2,1-3H3,(H2,32,41)(H,33,35)/t14-,19-,23+,30+/m0/s1. The van der Waals surface area contributed by atoms with Crippen molar-refractivity contribution < 1.29 is 44.0 Å². The third-order valence-corrected chi connectivity index (χ3v) is 8.48. The van der Waals surface area contributed by atoms with Gasteiger partial charge in [-0.2, -0.15) is 0 Å². The quantitative estimate of drug-likeness (QED) is 0.286. The van der Waals surface area contributed by atoms with E-state index in [0.29, 0.717) is 16.7 Å². The molecule has 0 heterocycles. The summed E-state index contributed by atoms with van der Waals surface area (Å²) in [5.74, 6) is -8.38. The Labute approximate surface area is 239 Å². The molecule has 42 heavy (non-hydrogen) atoms. The topological polar surface area (TPSA) is 190 Å². The largest absolute Gasteiger partial charge is 0.510 e. The van der Waals surface area contributed by atoms with E-state index in [1.165, 1.54) is 36.1 Å². The molecule has 11 nitrogen and oxygen atoms in total. The lowest BCUT2D eigenvalue weighted by molar-refractivity contribution is -0.148. The smallest absolute Gasteiger partial charge is 0.255 e. The number of aliphatic hydroxyl groups excluding tert-OH is 2. The summed E-state index contributed by atoms with van der Waals surface area (Å²) in [5.41, 5.74) is 2.81. The number of fused-ring (bicyclic) bond motifs is 3. The van der Waals surface area contributed by atoms with Gasteiger partial charge < -0.3 is 31.5 Å². The van der Waals surface area contributed by atoms with Gasteiger partial charge in [0.05, 0.1) is 11.6 Å². The van der Waals surface area contributed by atoms with Crippen molar-refractivity contribution in [3.63, 3.8) is 0 Å². The Morgan fingerprint density at radius 1 is 1.14 bits per heavy atom. The molecule has 220 valence electrons. The Morgan fingerprint density at radius 3 is 2.36 bits per heavy atom. The van der Waals surface area contributed by atoms with Crippen molar-refractivity contribution in [2.24, 2.45) is 17.6 Å². The van der Waals surface area contributed by atoms with E-state index in [0.717, 1.165) is 0 Å². The van der Waals surface area contributed by atoms with E-state index in [1.54, 1.807) is 20.2 Å².